The Balaban J connectivity index is 1.86. The number of para-hydroxylation sites is 1. The second kappa shape index (κ2) is 5.35. The molecule has 16 heavy (non-hydrogen) atoms. The third-order valence-electron chi connectivity index (χ3n) is 2.59. The molecule has 84 valence electrons. The molecule has 0 saturated heterocycles. The van der Waals surface area contributed by atoms with Crippen LogP contribution in [0.4, 0.5) is 5.69 Å². The second-order valence-corrected chi connectivity index (χ2v) is 3.83. The number of benzene rings is 1. The summed E-state index contributed by atoms with van der Waals surface area (Å²) in [6, 6.07) is 9.38. The topological polar surface area (TPSA) is 38.3 Å². The number of allylic oxidation sites excluding steroid dienone is 1. The second-order valence-electron chi connectivity index (χ2n) is 3.83. The minimum absolute atomic E-state index is 0.261. The monoisotopic (exact) mass is 217 g/mol. The number of rotatable bonds is 3. The summed E-state index contributed by atoms with van der Waals surface area (Å²) in [6.45, 7) is 0. The van der Waals surface area contributed by atoms with E-state index >= 15 is 0 Å². The van der Waals surface area contributed by atoms with Crippen LogP contribution in [0.2, 0.25) is 0 Å². The maximum absolute atomic E-state index is 11.6. The molecule has 1 aliphatic rings. The van der Waals surface area contributed by atoms with E-state index in [1.165, 1.54) is 6.42 Å². The highest BCUT2D eigenvalue weighted by atomic mass is 16.7. The van der Waals surface area contributed by atoms with Crippen LogP contribution in [0, 0.1) is 0 Å². The Bertz CT molecular complexity index is 384. The van der Waals surface area contributed by atoms with Crippen molar-refractivity contribution in [3.05, 3.63) is 42.0 Å². The summed E-state index contributed by atoms with van der Waals surface area (Å²) in [7, 11) is 0. The maximum atomic E-state index is 11.6. The van der Waals surface area contributed by atoms with Crippen molar-refractivity contribution < 1.29 is 9.63 Å². The molecule has 1 aromatic carbocycles. The molecular weight excluding hydrogens is 202 g/mol. The number of nitrogens with one attached hydrogen (secondary N) is 1. The first-order chi connectivity index (χ1) is 7.86. The molecule has 2 rings (SSSR count). The van der Waals surface area contributed by atoms with Gasteiger partial charge in [0.2, 0.25) is 0 Å². The van der Waals surface area contributed by atoms with Crippen molar-refractivity contribution in [1.82, 2.24) is 0 Å². The molecule has 0 spiro atoms. The lowest BCUT2D eigenvalue weighted by Crippen LogP contribution is -2.14. The zero-order valence-electron chi connectivity index (χ0n) is 9.11. The van der Waals surface area contributed by atoms with E-state index in [1.54, 1.807) is 0 Å². The van der Waals surface area contributed by atoms with E-state index in [0.29, 0.717) is 0 Å². The Hall–Kier alpha value is -1.77. The molecule has 3 heteroatoms. The minimum Gasteiger partial charge on any atom is -0.338 e. The van der Waals surface area contributed by atoms with Crippen LogP contribution in [0.25, 0.3) is 0 Å². The molecule has 0 radical (unpaired) electrons. The molecule has 1 aliphatic carbocycles. The molecule has 0 amide bonds. The summed E-state index contributed by atoms with van der Waals surface area (Å²) in [6.07, 6.45) is 6.03. The van der Waals surface area contributed by atoms with Gasteiger partial charge in [0, 0.05) is 5.57 Å². The van der Waals surface area contributed by atoms with Gasteiger partial charge in [-0.2, -0.15) is 0 Å². The molecular formula is C13H15NO2. The molecule has 0 saturated carbocycles. The number of carbonyl (C=O) groups is 1. The van der Waals surface area contributed by atoms with Gasteiger partial charge in [-0.3, -0.25) is 0 Å². The number of anilines is 1. The summed E-state index contributed by atoms with van der Waals surface area (Å²) < 4.78 is 0. The zero-order chi connectivity index (χ0) is 11.2. The molecule has 1 N–H and O–H groups in total. The molecule has 0 bridgehead atoms. The van der Waals surface area contributed by atoms with Gasteiger partial charge in [0.25, 0.3) is 0 Å². The normalized spacial score (nSPS) is 15.1. The smallest absolute Gasteiger partial charge is 0.338 e. The van der Waals surface area contributed by atoms with Crippen molar-refractivity contribution in [1.29, 1.82) is 0 Å². The van der Waals surface area contributed by atoms with E-state index in [4.69, 9.17) is 4.84 Å². The van der Waals surface area contributed by atoms with Crippen LogP contribution in [0.15, 0.2) is 42.0 Å². The van der Waals surface area contributed by atoms with Crippen molar-refractivity contribution in [3.8, 4) is 0 Å². The Labute approximate surface area is 95.1 Å². The van der Waals surface area contributed by atoms with Crippen LogP contribution in [-0.4, -0.2) is 5.97 Å². The van der Waals surface area contributed by atoms with Gasteiger partial charge in [-0.05, 0) is 37.8 Å². The average molecular weight is 217 g/mol. The Morgan fingerprint density at radius 1 is 1.19 bits per heavy atom. The number of carbonyl (C=O) groups excluding carboxylic acids is 1. The molecule has 3 nitrogen and oxygen atoms in total. The lowest BCUT2D eigenvalue weighted by molar-refractivity contribution is -0.136. The van der Waals surface area contributed by atoms with Gasteiger partial charge in [-0.25, -0.2) is 10.3 Å². The first-order valence-corrected chi connectivity index (χ1v) is 5.57. The molecule has 0 heterocycles. The maximum Gasteiger partial charge on any atom is 0.358 e. The van der Waals surface area contributed by atoms with Gasteiger partial charge in [-0.1, -0.05) is 24.3 Å². The van der Waals surface area contributed by atoms with Gasteiger partial charge >= 0.3 is 5.97 Å². The van der Waals surface area contributed by atoms with Crippen LogP contribution < -0.4 is 5.48 Å². The van der Waals surface area contributed by atoms with Crippen molar-refractivity contribution in [3.63, 3.8) is 0 Å². The Morgan fingerprint density at radius 2 is 2.00 bits per heavy atom. The van der Waals surface area contributed by atoms with E-state index in [9.17, 15) is 4.79 Å². The Kier molecular flexibility index (Phi) is 3.59. The number of hydrogen-bond acceptors (Lipinski definition) is 3. The predicted octanol–water partition coefficient (Wildman–Crippen LogP) is 3.06. The van der Waals surface area contributed by atoms with Crippen molar-refractivity contribution >= 4 is 11.7 Å². The highest BCUT2D eigenvalue weighted by molar-refractivity contribution is 5.89. The average Bonchev–Trinajstić information content (AvgIpc) is 2.38. The van der Waals surface area contributed by atoms with Gasteiger partial charge in [-0.15, -0.1) is 0 Å². The highest BCUT2D eigenvalue weighted by Gasteiger charge is 2.13. The molecule has 0 atom stereocenters. The van der Waals surface area contributed by atoms with Gasteiger partial charge < -0.3 is 4.84 Å². The standard InChI is InChI=1S/C13H15NO2/c15-13(11-7-3-1-4-8-11)16-14-12-9-5-2-6-10-12/h2,5-7,9-10,14H,1,3-4,8H2. The third-order valence-corrected chi connectivity index (χ3v) is 2.59. The van der Waals surface area contributed by atoms with Crippen LogP contribution >= 0.6 is 0 Å². The van der Waals surface area contributed by atoms with Crippen LogP contribution in [-0.2, 0) is 9.63 Å². The first kappa shape index (κ1) is 10.7. The van der Waals surface area contributed by atoms with Crippen LogP contribution in [0.5, 0.6) is 0 Å². The fourth-order valence-corrected chi connectivity index (χ4v) is 1.70. The molecule has 0 aliphatic heterocycles. The molecule has 0 aromatic heterocycles. The van der Waals surface area contributed by atoms with E-state index in [-0.39, 0.29) is 5.97 Å². The summed E-state index contributed by atoms with van der Waals surface area (Å²) in [5, 5.41) is 0. The van der Waals surface area contributed by atoms with E-state index < -0.39 is 0 Å². The summed E-state index contributed by atoms with van der Waals surface area (Å²) in [4.78, 5) is 16.6. The summed E-state index contributed by atoms with van der Waals surface area (Å²) >= 11 is 0. The zero-order valence-corrected chi connectivity index (χ0v) is 9.11. The molecule has 0 unspecified atom stereocenters. The fraction of sp³-hybridized carbons (Fsp3) is 0.308. The van der Waals surface area contributed by atoms with Crippen LogP contribution in [0.1, 0.15) is 25.7 Å². The van der Waals surface area contributed by atoms with E-state index in [0.717, 1.165) is 30.5 Å². The van der Waals surface area contributed by atoms with Crippen molar-refractivity contribution in [2.24, 2.45) is 0 Å². The Morgan fingerprint density at radius 3 is 2.69 bits per heavy atom. The van der Waals surface area contributed by atoms with Crippen LogP contribution in [0.3, 0.4) is 0 Å². The predicted molar refractivity (Wildman–Crippen MR) is 62.7 cm³/mol. The highest BCUT2D eigenvalue weighted by Crippen LogP contribution is 2.18. The van der Waals surface area contributed by atoms with E-state index in [1.807, 2.05) is 36.4 Å². The van der Waals surface area contributed by atoms with Crippen molar-refractivity contribution in [2.45, 2.75) is 25.7 Å². The lowest BCUT2D eigenvalue weighted by Gasteiger charge is -2.12. The van der Waals surface area contributed by atoms with Gasteiger partial charge in [0.1, 0.15) is 0 Å². The van der Waals surface area contributed by atoms with Gasteiger partial charge in [0.05, 0.1) is 5.69 Å². The molecule has 1 aromatic rings. The van der Waals surface area contributed by atoms with Gasteiger partial charge in [0.15, 0.2) is 0 Å². The molecule has 0 fully saturated rings. The fourth-order valence-electron chi connectivity index (χ4n) is 1.70. The van der Waals surface area contributed by atoms with Crippen molar-refractivity contribution in [2.75, 3.05) is 5.48 Å². The SMILES string of the molecule is O=C(ONc1ccccc1)C1=CCCCC1. The first-order valence-electron chi connectivity index (χ1n) is 5.57. The van der Waals surface area contributed by atoms with E-state index in [2.05, 4.69) is 5.48 Å². The summed E-state index contributed by atoms with van der Waals surface area (Å²) in [5.41, 5.74) is 4.22. The lowest BCUT2D eigenvalue weighted by atomic mass is 10.00. The largest absolute Gasteiger partial charge is 0.358 e. The minimum atomic E-state index is -0.261. The quantitative estimate of drug-likeness (QED) is 0.791. The summed E-state index contributed by atoms with van der Waals surface area (Å²) in [5.74, 6) is -0.261. The number of hydrogen-bond donors (Lipinski definition) is 1. The third kappa shape index (κ3) is 2.86.